The van der Waals surface area contributed by atoms with E-state index >= 15 is 0 Å². The van der Waals surface area contributed by atoms with E-state index in [4.69, 9.17) is 5.73 Å². The van der Waals surface area contributed by atoms with Gasteiger partial charge >= 0.3 is 0 Å². The van der Waals surface area contributed by atoms with Crippen LogP contribution in [0, 0.1) is 18.3 Å². The van der Waals surface area contributed by atoms with E-state index in [0.717, 1.165) is 17.9 Å². The lowest BCUT2D eigenvalue weighted by atomic mass is 10.0. The van der Waals surface area contributed by atoms with Gasteiger partial charge in [-0.3, -0.25) is 5.10 Å². The zero-order valence-electron chi connectivity index (χ0n) is 9.22. The molecule has 1 saturated carbocycles. The second kappa shape index (κ2) is 3.01. The number of anilines is 1. The molecule has 0 aliphatic heterocycles. The summed E-state index contributed by atoms with van der Waals surface area (Å²) in [6, 6.07) is 0. The van der Waals surface area contributed by atoms with E-state index in [1.54, 1.807) is 0 Å². The van der Waals surface area contributed by atoms with Crippen LogP contribution in [0.3, 0.4) is 0 Å². The van der Waals surface area contributed by atoms with Crippen molar-refractivity contribution in [3.63, 3.8) is 0 Å². The third-order valence-corrected chi connectivity index (χ3v) is 3.61. The minimum Gasteiger partial charge on any atom is -0.382 e. The highest BCUT2D eigenvalue weighted by atomic mass is 15.2. The Morgan fingerprint density at radius 1 is 1.57 bits per heavy atom. The second-order valence-electron chi connectivity index (χ2n) is 5.14. The van der Waals surface area contributed by atoms with Crippen LogP contribution in [0.5, 0.6) is 0 Å². The maximum Gasteiger partial charge on any atom is 0.148 e. The number of hydrogen-bond donors (Lipinski definition) is 2. The number of nitrogens with two attached hydrogens (primary N) is 1. The summed E-state index contributed by atoms with van der Waals surface area (Å²) in [7, 11) is 0. The Balaban J connectivity index is 1.90. The number of H-pyrrole nitrogens is 1. The van der Waals surface area contributed by atoms with Crippen molar-refractivity contribution < 1.29 is 0 Å². The van der Waals surface area contributed by atoms with Gasteiger partial charge in [0.15, 0.2) is 0 Å². The van der Waals surface area contributed by atoms with Crippen LogP contribution in [-0.2, 0) is 6.42 Å². The van der Waals surface area contributed by atoms with Gasteiger partial charge in [0.05, 0.1) is 0 Å². The van der Waals surface area contributed by atoms with Crippen LogP contribution in [-0.4, -0.2) is 10.2 Å². The summed E-state index contributed by atoms with van der Waals surface area (Å²) in [5.74, 6) is 1.54. The van der Waals surface area contributed by atoms with Gasteiger partial charge in [-0.2, -0.15) is 5.10 Å². The van der Waals surface area contributed by atoms with Crippen molar-refractivity contribution in [2.75, 3.05) is 5.73 Å². The van der Waals surface area contributed by atoms with Crippen molar-refractivity contribution in [2.24, 2.45) is 11.3 Å². The number of rotatable bonds is 3. The molecule has 0 saturated heterocycles. The van der Waals surface area contributed by atoms with Crippen LogP contribution in [0.4, 0.5) is 5.82 Å². The fourth-order valence-corrected chi connectivity index (χ4v) is 2.08. The molecule has 1 aromatic rings. The van der Waals surface area contributed by atoms with E-state index in [-0.39, 0.29) is 0 Å². The molecule has 1 unspecified atom stereocenters. The average molecular weight is 193 g/mol. The Morgan fingerprint density at radius 2 is 2.21 bits per heavy atom. The minimum absolute atomic E-state index is 0.583. The highest BCUT2D eigenvalue weighted by molar-refractivity contribution is 5.40. The number of nitrogens with one attached hydrogen (secondary N) is 1. The summed E-state index contributed by atoms with van der Waals surface area (Å²) in [6.07, 6.45) is 3.72. The monoisotopic (exact) mass is 193 g/mol. The molecule has 3 N–H and O–H groups in total. The molecule has 0 bridgehead atoms. The van der Waals surface area contributed by atoms with Gasteiger partial charge in [-0.1, -0.05) is 13.8 Å². The molecule has 0 aromatic carbocycles. The summed E-state index contributed by atoms with van der Waals surface area (Å²) < 4.78 is 0. The van der Waals surface area contributed by atoms with E-state index in [2.05, 4.69) is 24.0 Å². The predicted molar refractivity (Wildman–Crippen MR) is 57.9 cm³/mol. The first kappa shape index (κ1) is 9.56. The van der Waals surface area contributed by atoms with Gasteiger partial charge in [0.2, 0.25) is 0 Å². The van der Waals surface area contributed by atoms with E-state index in [1.807, 2.05) is 6.92 Å². The highest BCUT2D eigenvalue weighted by Gasteiger charge is 2.44. The lowest BCUT2D eigenvalue weighted by molar-refractivity contribution is 0.530. The smallest absolute Gasteiger partial charge is 0.148 e. The molecule has 0 spiro atoms. The maximum atomic E-state index is 5.67. The number of nitrogens with zero attached hydrogens (tertiary/aromatic N) is 1. The Kier molecular flexibility index (Phi) is 2.05. The summed E-state index contributed by atoms with van der Waals surface area (Å²) in [6.45, 7) is 6.71. The lowest BCUT2D eigenvalue weighted by Gasteiger charge is -2.02. The molecule has 3 heteroatoms. The largest absolute Gasteiger partial charge is 0.382 e. The molecule has 78 valence electrons. The molecular weight excluding hydrogens is 174 g/mol. The first-order chi connectivity index (χ1) is 6.50. The van der Waals surface area contributed by atoms with Crippen molar-refractivity contribution in [1.82, 2.24) is 10.2 Å². The van der Waals surface area contributed by atoms with Gasteiger partial charge in [-0.15, -0.1) is 0 Å². The topological polar surface area (TPSA) is 54.7 Å². The number of aromatic nitrogens is 2. The normalized spacial score (nSPS) is 23.8. The molecule has 1 aliphatic carbocycles. The van der Waals surface area contributed by atoms with Crippen molar-refractivity contribution >= 4 is 5.82 Å². The molecule has 1 fully saturated rings. The molecule has 0 radical (unpaired) electrons. The van der Waals surface area contributed by atoms with E-state index in [0.29, 0.717) is 11.2 Å². The first-order valence-electron chi connectivity index (χ1n) is 5.30. The fraction of sp³-hybridized carbons (Fsp3) is 0.727. The third-order valence-electron chi connectivity index (χ3n) is 3.61. The third kappa shape index (κ3) is 1.63. The second-order valence-corrected chi connectivity index (χ2v) is 5.14. The Labute approximate surface area is 85.1 Å². The number of nitrogen functional groups attached to an aromatic ring is 1. The SMILES string of the molecule is Cc1c(N)n[nH]c1CCC1CC1(C)C. The Bertz CT molecular complexity index is 338. The number of aryl methyl sites for hydroxylation is 1. The van der Waals surface area contributed by atoms with Gasteiger partial charge in [0, 0.05) is 11.3 Å². The Hall–Kier alpha value is -0.990. The van der Waals surface area contributed by atoms with Crippen LogP contribution in [0.25, 0.3) is 0 Å². The van der Waals surface area contributed by atoms with Crippen LogP contribution >= 0.6 is 0 Å². The average Bonchev–Trinajstić information content (AvgIpc) is 2.60. The zero-order chi connectivity index (χ0) is 10.3. The van der Waals surface area contributed by atoms with Gasteiger partial charge in [0.1, 0.15) is 5.82 Å². The van der Waals surface area contributed by atoms with E-state index in [1.165, 1.54) is 18.5 Å². The van der Waals surface area contributed by atoms with E-state index in [9.17, 15) is 0 Å². The van der Waals surface area contributed by atoms with Gasteiger partial charge < -0.3 is 5.73 Å². The molecule has 1 aromatic heterocycles. The first-order valence-corrected chi connectivity index (χ1v) is 5.30. The summed E-state index contributed by atoms with van der Waals surface area (Å²) >= 11 is 0. The molecule has 14 heavy (non-hydrogen) atoms. The van der Waals surface area contributed by atoms with Crippen LogP contribution in [0.2, 0.25) is 0 Å². The highest BCUT2D eigenvalue weighted by Crippen LogP contribution is 2.53. The van der Waals surface area contributed by atoms with Crippen molar-refractivity contribution in [2.45, 2.75) is 40.0 Å². The van der Waals surface area contributed by atoms with E-state index < -0.39 is 0 Å². The van der Waals surface area contributed by atoms with Crippen LogP contribution in [0.1, 0.15) is 37.9 Å². The van der Waals surface area contributed by atoms with Crippen molar-refractivity contribution in [1.29, 1.82) is 0 Å². The minimum atomic E-state index is 0.583. The number of aromatic amines is 1. The predicted octanol–water partition coefficient (Wildman–Crippen LogP) is 2.28. The molecule has 3 nitrogen and oxygen atoms in total. The molecular formula is C11H19N3. The standard InChI is InChI=1S/C11H19N3/c1-7-9(13-14-10(7)12)5-4-8-6-11(8,2)3/h8H,4-6H2,1-3H3,(H3,12,13,14). The van der Waals surface area contributed by atoms with Crippen molar-refractivity contribution in [3.05, 3.63) is 11.3 Å². The number of hydrogen-bond acceptors (Lipinski definition) is 2. The van der Waals surface area contributed by atoms with Gasteiger partial charge in [0.25, 0.3) is 0 Å². The summed E-state index contributed by atoms with van der Waals surface area (Å²) in [5.41, 5.74) is 8.60. The maximum absolute atomic E-state index is 5.67. The fourth-order valence-electron chi connectivity index (χ4n) is 2.08. The van der Waals surface area contributed by atoms with Crippen LogP contribution in [0.15, 0.2) is 0 Å². The van der Waals surface area contributed by atoms with Crippen LogP contribution < -0.4 is 5.73 Å². The van der Waals surface area contributed by atoms with Crippen molar-refractivity contribution in [3.8, 4) is 0 Å². The quantitative estimate of drug-likeness (QED) is 0.773. The molecule has 1 heterocycles. The molecule has 0 amide bonds. The van der Waals surface area contributed by atoms with Gasteiger partial charge in [-0.05, 0) is 37.5 Å². The summed E-state index contributed by atoms with van der Waals surface area (Å²) in [5, 5.41) is 7.01. The summed E-state index contributed by atoms with van der Waals surface area (Å²) in [4.78, 5) is 0. The molecule has 1 aliphatic rings. The zero-order valence-corrected chi connectivity index (χ0v) is 9.22. The molecule has 2 rings (SSSR count). The van der Waals surface area contributed by atoms with Gasteiger partial charge in [-0.25, -0.2) is 0 Å². The Morgan fingerprint density at radius 3 is 2.64 bits per heavy atom. The lowest BCUT2D eigenvalue weighted by Crippen LogP contribution is -1.95. The molecule has 1 atom stereocenters.